The monoisotopic (exact) mass is 426 g/mol. The van der Waals surface area contributed by atoms with Crippen LogP contribution in [0.1, 0.15) is 49.0 Å². The van der Waals surface area contributed by atoms with E-state index in [0.29, 0.717) is 27.6 Å². The number of carbonyl (C=O) groups excluding carboxylic acids is 2. The van der Waals surface area contributed by atoms with Crippen LogP contribution >= 0.6 is 22.9 Å². The Labute approximate surface area is 164 Å². The van der Waals surface area contributed by atoms with Gasteiger partial charge in [0.15, 0.2) is 9.84 Å². The van der Waals surface area contributed by atoms with Gasteiger partial charge in [0.2, 0.25) is 0 Å². The van der Waals surface area contributed by atoms with Gasteiger partial charge in [0.05, 0.1) is 22.8 Å². The molecule has 1 atom stereocenters. The zero-order chi connectivity index (χ0) is 19.2. The Hall–Kier alpha value is -1.85. The predicted octanol–water partition coefficient (Wildman–Crippen LogP) is 1.57. The first-order valence-corrected chi connectivity index (χ1v) is 12.0. The number of fused-ring (bicyclic) bond motifs is 1. The minimum atomic E-state index is -3.08. The second kappa shape index (κ2) is 6.95. The second-order valence-electron chi connectivity index (χ2n) is 6.78. The van der Waals surface area contributed by atoms with E-state index in [1.807, 2.05) is 0 Å². The lowest BCUT2D eigenvalue weighted by Gasteiger charge is -2.13. The summed E-state index contributed by atoms with van der Waals surface area (Å²) < 4.78 is 27.1. The molecule has 27 heavy (non-hydrogen) atoms. The molecular formula is C16H18N4O4S3. The van der Waals surface area contributed by atoms with Crippen molar-refractivity contribution in [3.63, 3.8) is 0 Å². The molecule has 1 aliphatic heterocycles. The van der Waals surface area contributed by atoms with Gasteiger partial charge in [-0.05, 0) is 49.7 Å². The molecule has 0 saturated carbocycles. The van der Waals surface area contributed by atoms with Crippen LogP contribution in [-0.4, -0.2) is 47.4 Å². The summed E-state index contributed by atoms with van der Waals surface area (Å²) in [7, 11) is -3.08. The largest absolute Gasteiger partial charge is 0.348 e. The van der Waals surface area contributed by atoms with Crippen LogP contribution in [0.25, 0.3) is 0 Å². The van der Waals surface area contributed by atoms with Crippen molar-refractivity contribution in [2.45, 2.75) is 38.6 Å². The third kappa shape index (κ3) is 3.63. The Bertz CT molecular complexity index is 1020. The Morgan fingerprint density at radius 3 is 2.70 bits per heavy atom. The second-order valence-corrected chi connectivity index (χ2v) is 10.9. The van der Waals surface area contributed by atoms with E-state index in [1.54, 1.807) is 6.92 Å². The van der Waals surface area contributed by atoms with Gasteiger partial charge in [0.1, 0.15) is 9.88 Å². The highest BCUT2D eigenvalue weighted by Gasteiger charge is 2.33. The number of nitrogens with one attached hydrogen (secondary N) is 2. The molecule has 0 spiro atoms. The Morgan fingerprint density at radius 1 is 1.22 bits per heavy atom. The number of carbonyl (C=O) groups is 2. The molecule has 1 saturated heterocycles. The zero-order valence-corrected chi connectivity index (χ0v) is 17.0. The number of hydrogen-bond donors (Lipinski definition) is 2. The molecule has 1 aliphatic carbocycles. The highest BCUT2D eigenvalue weighted by molar-refractivity contribution is 7.91. The standard InChI is InChI=1S/C16H18N4O4S3/c1-8-13(26-20-19-8)15(22)18-16-12(10-3-2-4-11(10)25-16)14(21)17-9-5-6-27(23,24)7-9/h9H,2-7H2,1H3,(H,17,21)(H,18,22)/t9-/m1/s1. The lowest BCUT2D eigenvalue weighted by molar-refractivity contribution is 0.0941. The molecule has 0 radical (unpaired) electrons. The van der Waals surface area contributed by atoms with Gasteiger partial charge < -0.3 is 10.6 Å². The Balaban J connectivity index is 1.59. The van der Waals surface area contributed by atoms with E-state index in [4.69, 9.17) is 0 Å². The maximum Gasteiger partial charge on any atom is 0.269 e. The van der Waals surface area contributed by atoms with Gasteiger partial charge in [-0.3, -0.25) is 9.59 Å². The van der Waals surface area contributed by atoms with Gasteiger partial charge >= 0.3 is 0 Å². The molecule has 3 heterocycles. The van der Waals surface area contributed by atoms with Crippen molar-refractivity contribution < 1.29 is 18.0 Å². The fraction of sp³-hybridized carbons (Fsp3) is 0.500. The molecule has 2 aromatic heterocycles. The van der Waals surface area contributed by atoms with Gasteiger partial charge in [0, 0.05) is 10.9 Å². The molecule has 0 bridgehead atoms. The molecule has 4 rings (SSSR count). The lowest BCUT2D eigenvalue weighted by Crippen LogP contribution is -2.36. The lowest BCUT2D eigenvalue weighted by atomic mass is 10.1. The molecule has 2 amide bonds. The average molecular weight is 427 g/mol. The summed E-state index contributed by atoms with van der Waals surface area (Å²) in [5, 5.41) is 10.0. The maximum atomic E-state index is 12.9. The van der Waals surface area contributed by atoms with Crippen LogP contribution in [0.4, 0.5) is 5.00 Å². The number of sulfone groups is 1. The van der Waals surface area contributed by atoms with E-state index in [1.165, 1.54) is 11.3 Å². The molecule has 2 aromatic rings. The van der Waals surface area contributed by atoms with E-state index in [9.17, 15) is 18.0 Å². The first-order chi connectivity index (χ1) is 12.8. The number of thiophene rings is 1. The van der Waals surface area contributed by atoms with Crippen LogP contribution in [-0.2, 0) is 22.7 Å². The van der Waals surface area contributed by atoms with Crippen LogP contribution in [0, 0.1) is 6.92 Å². The summed E-state index contributed by atoms with van der Waals surface area (Å²) in [6.45, 7) is 1.71. The van der Waals surface area contributed by atoms with Crippen LogP contribution in [0.3, 0.4) is 0 Å². The van der Waals surface area contributed by atoms with Crippen molar-refractivity contribution >= 4 is 49.5 Å². The Morgan fingerprint density at radius 2 is 2.04 bits per heavy atom. The molecule has 144 valence electrons. The van der Waals surface area contributed by atoms with Crippen molar-refractivity contribution in [2.75, 3.05) is 16.8 Å². The SMILES string of the molecule is Cc1nnsc1C(=O)Nc1sc2c(c1C(=O)N[C@@H]1CCS(=O)(=O)C1)CCC2. The number of hydrogen-bond acceptors (Lipinski definition) is 8. The zero-order valence-electron chi connectivity index (χ0n) is 14.6. The third-order valence-electron chi connectivity index (χ3n) is 4.80. The van der Waals surface area contributed by atoms with Crippen LogP contribution in [0.15, 0.2) is 0 Å². The smallest absolute Gasteiger partial charge is 0.269 e. The number of aromatic nitrogens is 2. The van der Waals surface area contributed by atoms with E-state index in [-0.39, 0.29) is 29.4 Å². The highest BCUT2D eigenvalue weighted by Crippen LogP contribution is 2.39. The van der Waals surface area contributed by atoms with E-state index < -0.39 is 9.84 Å². The van der Waals surface area contributed by atoms with Gasteiger partial charge in [0.25, 0.3) is 11.8 Å². The summed E-state index contributed by atoms with van der Waals surface area (Å²) in [6, 6.07) is -0.379. The van der Waals surface area contributed by atoms with E-state index in [0.717, 1.165) is 41.2 Å². The minimum absolute atomic E-state index is 0.0293. The molecule has 2 aliphatic rings. The highest BCUT2D eigenvalue weighted by atomic mass is 32.2. The van der Waals surface area contributed by atoms with Crippen molar-refractivity contribution in [1.29, 1.82) is 0 Å². The fourth-order valence-electron chi connectivity index (χ4n) is 3.50. The fourth-order valence-corrected chi connectivity index (χ4v) is 7.01. The predicted molar refractivity (Wildman–Crippen MR) is 103 cm³/mol. The summed E-state index contributed by atoms with van der Waals surface area (Å²) in [5.74, 6) is -0.578. The summed E-state index contributed by atoms with van der Waals surface area (Å²) in [5.41, 5.74) is 1.98. The van der Waals surface area contributed by atoms with Gasteiger partial charge in [-0.1, -0.05) is 4.49 Å². The normalized spacial score (nSPS) is 20.4. The van der Waals surface area contributed by atoms with E-state index >= 15 is 0 Å². The molecule has 1 fully saturated rings. The molecule has 11 heteroatoms. The maximum absolute atomic E-state index is 12.9. The summed E-state index contributed by atoms with van der Waals surface area (Å²) in [4.78, 5) is 27.0. The van der Waals surface area contributed by atoms with Crippen molar-refractivity contribution in [3.8, 4) is 0 Å². The Kier molecular flexibility index (Phi) is 4.77. The molecular weight excluding hydrogens is 408 g/mol. The third-order valence-corrected chi connectivity index (χ3v) is 8.60. The number of rotatable bonds is 4. The van der Waals surface area contributed by atoms with Gasteiger partial charge in [-0.15, -0.1) is 16.4 Å². The first kappa shape index (κ1) is 18.5. The number of amides is 2. The molecule has 0 aromatic carbocycles. The number of anilines is 1. The minimum Gasteiger partial charge on any atom is -0.348 e. The number of aryl methyl sites for hydroxylation is 2. The van der Waals surface area contributed by atoms with Crippen molar-refractivity contribution in [1.82, 2.24) is 14.9 Å². The van der Waals surface area contributed by atoms with E-state index in [2.05, 4.69) is 20.2 Å². The molecule has 2 N–H and O–H groups in total. The quantitative estimate of drug-likeness (QED) is 0.766. The molecule has 8 nitrogen and oxygen atoms in total. The average Bonchev–Trinajstić information content (AvgIpc) is 3.32. The van der Waals surface area contributed by atoms with Gasteiger partial charge in [-0.2, -0.15) is 0 Å². The van der Waals surface area contributed by atoms with Crippen LogP contribution in [0.5, 0.6) is 0 Å². The first-order valence-electron chi connectivity index (χ1n) is 8.60. The van der Waals surface area contributed by atoms with Crippen LogP contribution < -0.4 is 10.6 Å². The van der Waals surface area contributed by atoms with Crippen LogP contribution in [0.2, 0.25) is 0 Å². The van der Waals surface area contributed by atoms with Crippen molar-refractivity contribution in [3.05, 3.63) is 26.6 Å². The molecule has 0 unspecified atom stereocenters. The summed E-state index contributed by atoms with van der Waals surface area (Å²) in [6.07, 6.45) is 3.07. The topological polar surface area (TPSA) is 118 Å². The summed E-state index contributed by atoms with van der Waals surface area (Å²) >= 11 is 2.43. The van der Waals surface area contributed by atoms with Gasteiger partial charge in [-0.25, -0.2) is 8.42 Å². The number of nitrogens with zero attached hydrogens (tertiary/aromatic N) is 2. The van der Waals surface area contributed by atoms with Crippen molar-refractivity contribution in [2.24, 2.45) is 0 Å².